The Morgan fingerprint density at radius 1 is 1.27 bits per heavy atom. The summed E-state index contributed by atoms with van der Waals surface area (Å²) in [4.78, 5) is 4.26. The van der Waals surface area contributed by atoms with Crippen LogP contribution in [0.5, 0.6) is 0 Å². The molecule has 0 N–H and O–H groups in total. The monoisotopic (exact) mass is 219 g/mol. The predicted molar refractivity (Wildman–Crippen MR) is 63.7 cm³/mol. The molecule has 0 bridgehead atoms. The van der Waals surface area contributed by atoms with E-state index in [0.717, 1.165) is 11.4 Å². The van der Waals surface area contributed by atoms with E-state index in [0.29, 0.717) is 5.37 Å². The van der Waals surface area contributed by atoms with E-state index in [1.807, 2.05) is 35.1 Å². The summed E-state index contributed by atoms with van der Waals surface area (Å²) in [5.74, 6) is 0. The van der Waals surface area contributed by atoms with Crippen LogP contribution in [0.1, 0.15) is 12.3 Å². The lowest BCUT2D eigenvalue weighted by molar-refractivity contribution is 0.645. The van der Waals surface area contributed by atoms with Crippen molar-refractivity contribution in [3.05, 3.63) is 36.7 Å². The van der Waals surface area contributed by atoms with Crippen LogP contribution in [-0.2, 0) is 0 Å². The molecule has 15 heavy (non-hydrogen) atoms. The van der Waals surface area contributed by atoms with Crippen LogP contribution in [0.4, 0.5) is 0 Å². The van der Waals surface area contributed by atoms with E-state index in [4.69, 9.17) is 0 Å². The van der Waals surface area contributed by atoms with Crippen molar-refractivity contribution >= 4 is 11.8 Å². The fraction of sp³-hybridized carbons (Fsp3) is 0.273. The standard InChI is InChI=1S/C11H13N3S/c1-9(15-2)14-8-6-11(13-14)10-5-3-4-7-12-10/h3-9H,1-2H3. The van der Waals surface area contributed by atoms with Gasteiger partial charge in [0.1, 0.15) is 5.69 Å². The van der Waals surface area contributed by atoms with Gasteiger partial charge in [0.15, 0.2) is 0 Å². The topological polar surface area (TPSA) is 30.7 Å². The molecule has 0 aliphatic heterocycles. The summed E-state index contributed by atoms with van der Waals surface area (Å²) >= 11 is 1.77. The number of thioether (sulfide) groups is 1. The molecule has 2 aromatic rings. The Bertz CT molecular complexity index is 424. The molecular weight excluding hydrogens is 206 g/mol. The predicted octanol–water partition coefficient (Wildman–Crippen LogP) is 2.83. The fourth-order valence-electron chi connectivity index (χ4n) is 1.30. The van der Waals surface area contributed by atoms with Crippen LogP contribution in [0.15, 0.2) is 36.7 Å². The molecule has 0 aromatic carbocycles. The van der Waals surface area contributed by atoms with Crippen LogP contribution in [0.3, 0.4) is 0 Å². The number of pyridine rings is 1. The highest BCUT2D eigenvalue weighted by Crippen LogP contribution is 2.20. The van der Waals surface area contributed by atoms with Crippen molar-refractivity contribution in [2.75, 3.05) is 6.26 Å². The zero-order chi connectivity index (χ0) is 10.7. The lowest BCUT2D eigenvalue weighted by atomic mass is 10.3. The molecular formula is C11H13N3S. The summed E-state index contributed by atoms with van der Waals surface area (Å²) in [6, 6.07) is 7.84. The molecule has 3 nitrogen and oxygen atoms in total. The van der Waals surface area contributed by atoms with Gasteiger partial charge in [-0.25, -0.2) is 0 Å². The summed E-state index contributed by atoms with van der Waals surface area (Å²) in [6.45, 7) is 2.12. The van der Waals surface area contributed by atoms with Crippen molar-refractivity contribution in [1.29, 1.82) is 0 Å². The number of hydrogen-bond acceptors (Lipinski definition) is 3. The van der Waals surface area contributed by atoms with E-state index in [1.165, 1.54) is 0 Å². The summed E-state index contributed by atoms with van der Waals surface area (Å²) in [6.07, 6.45) is 5.85. The first-order chi connectivity index (χ1) is 7.31. The van der Waals surface area contributed by atoms with Crippen LogP contribution in [-0.4, -0.2) is 21.0 Å². The maximum atomic E-state index is 4.48. The molecule has 2 aromatic heterocycles. The molecule has 2 heterocycles. The summed E-state index contributed by atoms with van der Waals surface area (Å²) < 4.78 is 1.95. The molecule has 78 valence electrons. The van der Waals surface area contributed by atoms with Crippen LogP contribution in [0.2, 0.25) is 0 Å². The molecule has 2 rings (SSSR count). The highest BCUT2D eigenvalue weighted by atomic mass is 32.2. The van der Waals surface area contributed by atoms with Gasteiger partial charge in [-0.15, -0.1) is 11.8 Å². The summed E-state index contributed by atoms with van der Waals surface area (Å²) in [5.41, 5.74) is 1.85. The summed E-state index contributed by atoms with van der Waals surface area (Å²) in [5, 5.41) is 4.85. The van der Waals surface area contributed by atoms with Crippen molar-refractivity contribution in [1.82, 2.24) is 14.8 Å². The van der Waals surface area contributed by atoms with Gasteiger partial charge in [-0.1, -0.05) is 6.07 Å². The molecule has 4 heteroatoms. The van der Waals surface area contributed by atoms with Crippen molar-refractivity contribution in [3.63, 3.8) is 0 Å². The smallest absolute Gasteiger partial charge is 0.111 e. The molecule has 0 aliphatic rings. The van der Waals surface area contributed by atoms with Gasteiger partial charge in [0.25, 0.3) is 0 Å². The molecule has 1 atom stereocenters. The Kier molecular flexibility index (Phi) is 3.06. The molecule has 1 unspecified atom stereocenters. The minimum absolute atomic E-state index is 0.363. The zero-order valence-corrected chi connectivity index (χ0v) is 9.61. The maximum absolute atomic E-state index is 4.48. The second-order valence-electron chi connectivity index (χ2n) is 3.23. The average Bonchev–Trinajstić information content (AvgIpc) is 2.78. The van der Waals surface area contributed by atoms with Gasteiger partial charge in [0, 0.05) is 12.4 Å². The second kappa shape index (κ2) is 4.49. The minimum Gasteiger partial charge on any atom is -0.259 e. The van der Waals surface area contributed by atoms with Crippen molar-refractivity contribution < 1.29 is 0 Å². The molecule has 0 aliphatic carbocycles. The van der Waals surface area contributed by atoms with Crippen molar-refractivity contribution in [3.8, 4) is 11.4 Å². The van der Waals surface area contributed by atoms with E-state index < -0.39 is 0 Å². The van der Waals surface area contributed by atoms with Gasteiger partial charge in [-0.3, -0.25) is 9.67 Å². The van der Waals surface area contributed by atoms with E-state index in [9.17, 15) is 0 Å². The van der Waals surface area contributed by atoms with Crippen LogP contribution >= 0.6 is 11.8 Å². The Morgan fingerprint density at radius 2 is 2.13 bits per heavy atom. The van der Waals surface area contributed by atoms with Gasteiger partial charge < -0.3 is 0 Å². The van der Waals surface area contributed by atoms with E-state index >= 15 is 0 Å². The molecule has 0 amide bonds. The Balaban J connectivity index is 2.28. The summed E-state index contributed by atoms with van der Waals surface area (Å²) in [7, 11) is 0. The minimum atomic E-state index is 0.363. The van der Waals surface area contributed by atoms with Gasteiger partial charge in [-0.05, 0) is 31.4 Å². The SMILES string of the molecule is CSC(C)n1ccc(-c2ccccn2)n1. The number of nitrogens with zero attached hydrogens (tertiary/aromatic N) is 3. The number of aromatic nitrogens is 3. The quantitative estimate of drug-likeness (QED) is 0.795. The number of rotatable bonds is 3. The Hall–Kier alpha value is -1.29. The van der Waals surface area contributed by atoms with Gasteiger partial charge >= 0.3 is 0 Å². The van der Waals surface area contributed by atoms with Crippen LogP contribution < -0.4 is 0 Å². The zero-order valence-electron chi connectivity index (χ0n) is 8.79. The lowest BCUT2D eigenvalue weighted by Gasteiger charge is -2.07. The van der Waals surface area contributed by atoms with Gasteiger partial charge in [0.05, 0.1) is 11.1 Å². The molecule has 0 saturated carbocycles. The van der Waals surface area contributed by atoms with Crippen molar-refractivity contribution in [2.45, 2.75) is 12.3 Å². The van der Waals surface area contributed by atoms with Crippen LogP contribution in [0.25, 0.3) is 11.4 Å². The molecule has 0 spiro atoms. The Labute approximate surface area is 93.5 Å². The van der Waals surface area contributed by atoms with E-state index in [-0.39, 0.29) is 0 Å². The number of hydrogen-bond donors (Lipinski definition) is 0. The molecule has 0 saturated heterocycles. The lowest BCUT2D eigenvalue weighted by Crippen LogP contribution is -2.01. The van der Waals surface area contributed by atoms with Crippen LogP contribution in [0, 0.1) is 0 Å². The first kappa shape index (κ1) is 10.2. The Morgan fingerprint density at radius 3 is 2.80 bits per heavy atom. The maximum Gasteiger partial charge on any atom is 0.111 e. The molecule has 0 radical (unpaired) electrons. The second-order valence-corrected chi connectivity index (χ2v) is 4.38. The highest BCUT2D eigenvalue weighted by molar-refractivity contribution is 7.98. The fourth-order valence-corrected chi connectivity index (χ4v) is 1.63. The van der Waals surface area contributed by atoms with E-state index in [1.54, 1.807) is 18.0 Å². The largest absolute Gasteiger partial charge is 0.259 e. The first-order valence-electron chi connectivity index (χ1n) is 4.80. The third-order valence-electron chi connectivity index (χ3n) is 2.25. The normalized spacial score (nSPS) is 12.7. The third-order valence-corrected chi connectivity index (χ3v) is 3.15. The average molecular weight is 219 g/mol. The van der Waals surface area contributed by atoms with Crippen molar-refractivity contribution in [2.24, 2.45) is 0 Å². The third kappa shape index (κ3) is 2.21. The van der Waals surface area contributed by atoms with E-state index in [2.05, 4.69) is 23.3 Å². The first-order valence-corrected chi connectivity index (χ1v) is 6.09. The van der Waals surface area contributed by atoms with Gasteiger partial charge in [-0.2, -0.15) is 5.10 Å². The molecule has 0 fully saturated rings. The highest BCUT2D eigenvalue weighted by Gasteiger charge is 2.06. The van der Waals surface area contributed by atoms with Gasteiger partial charge in [0.2, 0.25) is 0 Å².